The van der Waals surface area contributed by atoms with Crippen LogP contribution in [0.25, 0.3) is 0 Å². The molecule has 1 aliphatic heterocycles. The van der Waals surface area contributed by atoms with Crippen molar-refractivity contribution in [2.75, 3.05) is 36.8 Å². The minimum absolute atomic E-state index is 0.128. The summed E-state index contributed by atoms with van der Waals surface area (Å²) < 4.78 is 30.7. The van der Waals surface area contributed by atoms with Gasteiger partial charge in [-0.25, -0.2) is 13.2 Å². The molecule has 0 atom stereocenters. The summed E-state index contributed by atoms with van der Waals surface area (Å²) in [5.74, 6) is -0.866. The molecule has 0 bridgehead atoms. The van der Waals surface area contributed by atoms with Gasteiger partial charge in [0.2, 0.25) is 15.9 Å². The molecule has 0 spiro atoms. The van der Waals surface area contributed by atoms with Crippen molar-refractivity contribution in [3.8, 4) is 0 Å². The van der Waals surface area contributed by atoms with Crippen molar-refractivity contribution in [3.05, 3.63) is 29.8 Å². The fourth-order valence-corrected chi connectivity index (χ4v) is 3.86. The summed E-state index contributed by atoms with van der Waals surface area (Å²) in [6.07, 6.45) is 5.02. The molecular weight excluding hydrogens is 356 g/mol. The summed E-state index contributed by atoms with van der Waals surface area (Å²) in [5.41, 5.74) is 0.292. The van der Waals surface area contributed by atoms with E-state index in [1.165, 1.54) is 12.1 Å². The minimum Gasteiger partial charge on any atom is -0.462 e. The van der Waals surface area contributed by atoms with E-state index in [9.17, 15) is 18.0 Å². The molecule has 0 aromatic heterocycles. The van der Waals surface area contributed by atoms with Crippen LogP contribution in [0.2, 0.25) is 0 Å². The van der Waals surface area contributed by atoms with Gasteiger partial charge < -0.3 is 9.64 Å². The Hall–Kier alpha value is -2.09. The predicted octanol–water partition coefficient (Wildman–Crippen LogP) is 2.03. The highest BCUT2D eigenvalue weighted by Crippen LogP contribution is 2.24. The van der Waals surface area contributed by atoms with Gasteiger partial charge in [-0.1, -0.05) is 25.0 Å². The standard InChI is InChI=1S/C18H26N2O5S/c1-3-25-18(22)15-10-6-7-11-16(15)20(26(2,23)24)14-17(21)19-12-8-4-5-9-13-19/h6-7,10-11H,3-5,8-9,12-14H2,1-2H3. The number of carbonyl (C=O) groups is 2. The van der Waals surface area contributed by atoms with Crippen molar-refractivity contribution in [2.24, 2.45) is 0 Å². The molecule has 1 amide bonds. The Labute approximate surface area is 155 Å². The minimum atomic E-state index is -3.75. The van der Waals surface area contributed by atoms with Crippen molar-refractivity contribution in [1.82, 2.24) is 4.90 Å². The van der Waals surface area contributed by atoms with Gasteiger partial charge in [0.25, 0.3) is 0 Å². The Morgan fingerprint density at radius 1 is 1.12 bits per heavy atom. The second-order valence-electron chi connectivity index (χ2n) is 6.30. The van der Waals surface area contributed by atoms with Gasteiger partial charge in [-0.3, -0.25) is 9.10 Å². The smallest absolute Gasteiger partial charge is 0.340 e. The van der Waals surface area contributed by atoms with E-state index in [0.29, 0.717) is 13.1 Å². The molecule has 0 N–H and O–H groups in total. The predicted molar refractivity (Wildman–Crippen MR) is 99.6 cm³/mol. The third-order valence-electron chi connectivity index (χ3n) is 4.31. The van der Waals surface area contributed by atoms with Gasteiger partial charge in [0, 0.05) is 13.1 Å². The van der Waals surface area contributed by atoms with E-state index in [4.69, 9.17) is 4.74 Å². The number of benzene rings is 1. The molecular formula is C18H26N2O5S. The number of likely N-dealkylation sites (tertiary alicyclic amines) is 1. The van der Waals surface area contributed by atoms with Crippen LogP contribution in [0.4, 0.5) is 5.69 Å². The van der Waals surface area contributed by atoms with Gasteiger partial charge in [0.15, 0.2) is 0 Å². The maximum absolute atomic E-state index is 12.7. The number of nitrogens with zero attached hydrogens (tertiary/aromatic N) is 2. The Morgan fingerprint density at radius 3 is 2.31 bits per heavy atom. The maximum Gasteiger partial charge on any atom is 0.340 e. The molecule has 0 aliphatic carbocycles. The lowest BCUT2D eigenvalue weighted by Crippen LogP contribution is -2.43. The molecule has 26 heavy (non-hydrogen) atoms. The molecule has 1 heterocycles. The number of anilines is 1. The first-order chi connectivity index (χ1) is 12.3. The number of carbonyl (C=O) groups excluding carboxylic acids is 2. The quantitative estimate of drug-likeness (QED) is 0.703. The summed E-state index contributed by atoms with van der Waals surface area (Å²) in [6, 6.07) is 6.28. The van der Waals surface area contributed by atoms with Gasteiger partial charge in [-0.05, 0) is 31.9 Å². The van der Waals surface area contributed by atoms with Crippen LogP contribution in [0.5, 0.6) is 0 Å². The summed E-state index contributed by atoms with van der Waals surface area (Å²) in [4.78, 5) is 26.6. The van der Waals surface area contributed by atoms with E-state index in [-0.39, 0.29) is 30.3 Å². The Bertz CT molecular complexity index is 740. The molecule has 0 saturated carbocycles. The molecule has 1 aromatic carbocycles. The Balaban J connectivity index is 2.31. The zero-order valence-corrected chi connectivity index (χ0v) is 16.1. The van der Waals surface area contributed by atoms with Gasteiger partial charge in [0.05, 0.1) is 24.1 Å². The van der Waals surface area contributed by atoms with Crippen LogP contribution in [0.15, 0.2) is 24.3 Å². The van der Waals surface area contributed by atoms with Crippen LogP contribution in [0.3, 0.4) is 0 Å². The lowest BCUT2D eigenvalue weighted by atomic mass is 10.2. The summed E-state index contributed by atoms with van der Waals surface area (Å²) in [5, 5.41) is 0. The van der Waals surface area contributed by atoms with E-state index >= 15 is 0 Å². The number of esters is 1. The number of ether oxygens (including phenoxy) is 1. The molecule has 7 nitrogen and oxygen atoms in total. The number of rotatable bonds is 6. The second-order valence-corrected chi connectivity index (χ2v) is 8.21. The van der Waals surface area contributed by atoms with Gasteiger partial charge in [-0.15, -0.1) is 0 Å². The average molecular weight is 382 g/mol. The highest BCUT2D eigenvalue weighted by molar-refractivity contribution is 7.92. The summed E-state index contributed by atoms with van der Waals surface area (Å²) in [6.45, 7) is 2.80. The van der Waals surface area contributed by atoms with Gasteiger partial charge >= 0.3 is 5.97 Å². The summed E-state index contributed by atoms with van der Waals surface area (Å²) in [7, 11) is -3.75. The molecule has 1 saturated heterocycles. The van der Waals surface area contributed by atoms with E-state index < -0.39 is 16.0 Å². The number of hydrogen-bond donors (Lipinski definition) is 0. The molecule has 8 heteroatoms. The lowest BCUT2D eigenvalue weighted by molar-refractivity contribution is -0.129. The third kappa shape index (κ3) is 5.20. The van der Waals surface area contributed by atoms with Crippen molar-refractivity contribution in [3.63, 3.8) is 0 Å². The zero-order valence-electron chi connectivity index (χ0n) is 15.3. The first-order valence-corrected chi connectivity index (χ1v) is 10.7. The fraction of sp³-hybridized carbons (Fsp3) is 0.556. The molecule has 1 fully saturated rings. The van der Waals surface area contributed by atoms with Crippen LogP contribution in [0.1, 0.15) is 43.0 Å². The van der Waals surface area contributed by atoms with Crippen LogP contribution in [-0.2, 0) is 19.6 Å². The number of sulfonamides is 1. The van der Waals surface area contributed by atoms with E-state index in [2.05, 4.69) is 0 Å². The molecule has 0 radical (unpaired) electrons. The number of para-hydroxylation sites is 1. The normalized spacial score (nSPS) is 15.2. The van der Waals surface area contributed by atoms with Crippen molar-refractivity contribution < 1.29 is 22.7 Å². The third-order valence-corrected chi connectivity index (χ3v) is 5.43. The maximum atomic E-state index is 12.7. The van der Waals surface area contributed by atoms with Crippen LogP contribution >= 0.6 is 0 Å². The van der Waals surface area contributed by atoms with E-state index in [1.54, 1.807) is 24.0 Å². The Kier molecular flexibility index (Phi) is 7.02. The Morgan fingerprint density at radius 2 is 1.73 bits per heavy atom. The lowest BCUT2D eigenvalue weighted by Gasteiger charge is -2.27. The van der Waals surface area contributed by atoms with Crippen molar-refractivity contribution in [2.45, 2.75) is 32.6 Å². The number of hydrogen-bond acceptors (Lipinski definition) is 5. The average Bonchev–Trinajstić information content (AvgIpc) is 2.88. The van der Waals surface area contributed by atoms with Crippen molar-refractivity contribution >= 4 is 27.6 Å². The summed E-state index contributed by atoms with van der Waals surface area (Å²) >= 11 is 0. The topological polar surface area (TPSA) is 84.0 Å². The highest BCUT2D eigenvalue weighted by atomic mass is 32.2. The molecule has 2 rings (SSSR count). The second kappa shape index (κ2) is 9.02. The van der Waals surface area contributed by atoms with Crippen LogP contribution in [-0.4, -0.2) is 57.7 Å². The molecule has 1 aliphatic rings. The highest BCUT2D eigenvalue weighted by Gasteiger charge is 2.28. The zero-order chi connectivity index (χ0) is 19.2. The van der Waals surface area contributed by atoms with E-state index in [0.717, 1.165) is 36.2 Å². The number of amides is 1. The van der Waals surface area contributed by atoms with Gasteiger partial charge in [0.1, 0.15) is 6.54 Å². The van der Waals surface area contributed by atoms with E-state index in [1.807, 2.05) is 0 Å². The largest absolute Gasteiger partial charge is 0.462 e. The fourth-order valence-electron chi connectivity index (χ4n) is 3.00. The monoisotopic (exact) mass is 382 g/mol. The van der Waals surface area contributed by atoms with Crippen molar-refractivity contribution in [1.29, 1.82) is 0 Å². The van der Waals surface area contributed by atoms with Gasteiger partial charge in [-0.2, -0.15) is 0 Å². The van der Waals surface area contributed by atoms with Crippen LogP contribution < -0.4 is 4.31 Å². The SMILES string of the molecule is CCOC(=O)c1ccccc1N(CC(=O)N1CCCCCC1)S(C)(=O)=O. The molecule has 1 aromatic rings. The molecule has 0 unspecified atom stereocenters. The first kappa shape index (κ1) is 20.2. The van der Waals surface area contributed by atoms with Crippen LogP contribution in [0, 0.1) is 0 Å². The molecule has 144 valence electrons. The first-order valence-electron chi connectivity index (χ1n) is 8.86.